The van der Waals surface area contributed by atoms with Crippen molar-refractivity contribution in [2.45, 2.75) is 44.4 Å². The van der Waals surface area contributed by atoms with Crippen molar-refractivity contribution in [2.24, 2.45) is 0 Å². The van der Waals surface area contributed by atoms with Crippen LogP contribution in [-0.4, -0.2) is 41.1 Å². The summed E-state index contributed by atoms with van der Waals surface area (Å²) in [6, 6.07) is 14.3. The molecule has 0 amide bonds. The third-order valence-corrected chi connectivity index (χ3v) is 5.67. The number of alkyl halides is 3. The van der Waals surface area contributed by atoms with Crippen LogP contribution in [0.25, 0.3) is 0 Å². The van der Waals surface area contributed by atoms with Crippen molar-refractivity contribution in [3.8, 4) is 11.5 Å². The van der Waals surface area contributed by atoms with Crippen molar-refractivity contribution in [1.82, 2.24) is 20.4 Å². The molecule has 0 bridgehead atoms. The molecule has 4 rings (SSSR count). The Balaban J connectivity index is 1.55. The molecule has 1 fully saturated rings. The van der Waals surface area contributed by atoms with Crippen molar-refractivity contribution in [2.75, 3.05) is 13.7 Å². The summed E-state index contributed by atoms with van der Waals surface area (Å²) in [6.07, 6.45) is -1.58. The summed E-state index contributed by atoms with van der Waals surface area (Å²) in [4.78, 5) is 6.45. The molecule has 1 aliphatic heterocycles. The average Bonchev–Trinajstić information content (AvgIpc) is 3.30. The predicted molar refractivity (Wildman–Crippen MR) is 113 cm³/mol. The van der Waals surface area contributed by atoms with E-state index in [0.29, 0.717) is 30.2 Å². The molecule has 33 heavy (non-hydrogen) atoms. The molecule has 1 aliphatic rings. The molecule has 7 nitrogen and oxygen atoms in total. The Bertz CT molecular complexity index is 1020. The Hall–Kier alpha value is -3.11. The molecule has 2 heterocycles. The van der Waals surface area contributed by atoms with Gasteiger partial charge in [0, 0.05) is 18.2 Å². The van der Waals surface area contributed by atoms with Crippen LogP contribution < -0.4 is 14.8 Å². The lowest BCUT2D eigenvalue weighted by Crippen LogP contribution is -2.47. The van der Waals surface area contributed by atoms with Gasteiger partial charge in [-0.3, -0.25) is 4.90 Å². The zero-order chi connectivity index (χ0) is 23.3. The highest BCUT2D eigenvalue weighted by Crippen LogP contribution is 2.34. The smallest absolute Gasteiger partial charge is 0.496 e. The van der Waals surface area contributed by atoms with Gasteiger partial charge in [-0.1, -0.05) is 35.5 Å². The van der Waals surface area contributed by atoms with E-state index < -0.39 is 6.36 Å². The Labute approximate surface area is 189 Å². The molecular weight excluding hydrogens is 437 g/mol. The molecule has 2 unspecified atom stereocenters. The third kappa shape index (κ3) is 6.02. The van der Waals surface area contributed by atoms with Gasteiger partial charge in [-0.2, -0.15) is 4.98 Å². The van der Waals surface area contributed by atoms with Crippen LogP contribution >= 0.6 is 0 Å². The van der Waals surface area contributed by atoms with Crippen LogP contribution in [0, 0.1) is 0 Å². The first kappa shape index (κ1) is 23.1. The van der Waals surface area contributed by atoms with E-state index in [1.54, 1.807) is 0 Å². The quantitative estimate of drug-likeness (QED) is 0.530. The second-order valence-electron chi connectivity index (χ2n) is 7.82. The van der Waals surface area contributed by atoms with Crippen molar-refractivity contribution < 1.29 is 27.2 Å². The van der Waals surface area contributed by atoms with Gasteiger partial charge < -0.3 is 19.3 Å². The van der Waals surface area contributed by atoms with Crippen LogP contribution in [0.2, 0.25) is 0 Å². The summed E-state index contributed by atoms with van der Waals surface area (Å²) in [6.45, 7) is 1.72. The first-order valence-corrected chi connectivity index (χ1v) is 10.6. The summed E-state index contributed by atoms with van der Waals surface area (Å²) in [5, 5.41) is 7.49. The minimum atomic E-state index is -4.75. The van der Waals surface area contributed by atoms with Crippen LogP contribution in [0.15, 0.2) is 59.4 Å². The van der Waals surface area contributed by atoms with Crippen molar-refractivity contribution in [3.63, 3.8) is 0 Å². The lowest BCUT2D eigenvalue weighted by molar-refractivity contribution is -0.274. The Morgan fingerprint density at radius 2 is 2.00 bits per heavy atom. The van der Waals surface area contributed by atoms with E-state index in [4.69, 9.17) is 9.26 Å². The summed E-state index contributed by atoms with van der Waals surface area (Å²) in [7, 11) is 1.49. The summed E-state index contributed by atoms with van der Waals surface area (Å²) < 4.78 is 52.4. The first-order valence-electron chi connectivity index (χ1n) is 10.6. The number of nitrogens with one attached hydrogen (secondary N) is 1. The van der Waals surface area contributed by atoms with E-state index in [1.165, 1.54) is 31.7 Å². The van der Waals surface area contributed by atoms with Gasteiger partial charge in [0.1, 0.15) is 11.5 Å². The summed E-state index contributed by atoms with van der Waals surface area (Å²) in [5.74, 6) is 0.824. The number of methoxy groups -OCH3 is 1. The molecule has 2 atom stereocenters. The number of piperidine rings is 1. The molecule has 176 valence electrons. The SMILES string of the molecule is COc1ccc(OC(F)(F)F)cc1CNC1CCCN(Cc2ncon2)C1c1ccccc1. The molecule has 0 saturated carbocycles. The molecule has 3 aromatic rings. The van der Waals surface area contributed by atoms with Crippen molar-refractivity contribution >= 4 is 0 Å². The largest absolute Gasteiger partial charge is 0.573 e. The van der Waals surface area contributed by atoms with Gasteiger partial charge in [0.05, 0.1) is 19.7 Å². The third-order valence-electron chi connectivity index (χ3n) is 5.67. The van der Waals surface area contributed by atoms with Gasteiger partial charge in [-0.05, 0) is 43.1 Å². The van der Waals surface area contributed by atoms with Gasteiger partial charge in [0.25, 0.3) is 0 Å². The fourth-order valence-electron chi connectivity index (χ4n) is 4.33. The minimum absolute atomic E-state index is 0.0269. The predicted octanol–water partition coefficient (Wildman–Crippen LogP) is 4.47. The number of aromatic nitrogens is 2. The number of nitrogens with zero attached hydrogens (tertiary/aromatic N) is 3. The molecule has 0 radical (unpaired) electrons. The molecule has 0 aliphatic carbocycles. The van der Waals surface area contributed by atoms with E-state index >= 15 is 0 Å². The van der Waals surface area contributed by atoms with E-state index in [-0.39, 0.29) is 17.8 Å². The van der Waals surface area contributed by atoms with Crippen LogP contribution in [0.1, 0.15) is 35.8 Å². The standard InChI is InChI=1S/C23H25F3N4O3/c1-31-20-10-9-18(33-23(24,25)26)12-17(20)13-27-19-8-5-11-30(14-21-28-15-32-29-21)22(19)16-6-3-2-4-7-16/h2-4,6-7,9-10,12,15,19,22,27H,5,8,11,13-14H2,1H3. The average molecular weight is 462 g/mol. The van der Waals surface area contributed by atoms with Crippen LogP contribution in [0.3, 0.4) is 0 Å². The molecule has 1 saturated heterocycles. The Morgan fingerprint density at radius 3 is 2.70 bits per heavy atom. The maximum atomic E-state index is 12.7. The van der Waals surface area contributed by atoms with Gasteiger partial charge in [0.2, 0.25) is 6.39 Å². The number of benzene rings is 2. The molecule has 2 aromatic carbocycles. The highest BCUT2D eigenvalue weighted by Gasteiger charge is 2.34. The number of rotatable bonds is 8. The van der Waals surface area contributed by atoms with Gasteiger partial charge >= 0.3 is 6.36 Å². The second kappa shape index (κ2) is 10.2. The van der Waals surface area contributed by atoms with E-state index in [2.05, 4.69) is 37.2 Å². The molecule has 0 spiro atoms. The maximum absolute atomic E-state index is 12.7. The fraction of sp³-hybridized carbons (Fsp3) is 0.391. The van der Waals surface area contributed by atoms with Gasteiger partial charge in [-0.15, -0.1) is 13.2 Å². The normalized spacial score (nSPS) is 19.4. The fourth-order valence-corrected chi connectivity index (χ4v) is 4.33. The number of hydrogen-bond acceptors (Lipinski definition) is 7. The van der Waals surface area contributed by atoms with E-state index in [1.807, 2.05) is 18.2 Å². The Morgan fingerprint density at radius 1 is 1.18 bits per heavy atom. The van der Waals surface area contributed by atoms with Crippen LogP contribution in [0.4, 0.5) is 13.2 Å². The zero-order valence-corrected chi connectivity index (χ0v) is 18.1. The van der Waals surface area contributed by atoms with E-state index in [0.717, 1.165) is 24.9 Å². The van der Waals surface area contributed by atoms with Crippen molar-refractivity contribution in [3.05, 3.63) is 71.9 Å². The van der Waals surface area contributed by atoms with Gasteiger partial charge in [0.15, 0.2) is 5.82 Å². The summed E-state index contributed by atoms with van der Waals surface area (Å²) in [5.41, 5.74) is 1.72. The highest BCUT2D eigenvalue weighted by atomic mass is 19.4. The monoisotopic (exact) mass is 462 g/mol. The highest BCUT2D eigenvalue weighted by molar-refractivity contribution is 5.40. The maximum Gasteiger partial charge on any atom is 0.573 e. The number of halogens is 3. The summed E-state index contributed by atoms with van der Waals surface area (Å²) >= 11 is 0. The first-order chi connectivity index (χ1) is 15.9. The number of hydrogen-bond donors (Lipinski definition) is 1. The lowest BCUT2D eigenvalue weighted by atomic mass is 9.90. The molecule has 1 aromatic heterocycles. The Kier molecular flexibility index (Phi) is 7.14. The second-order valence-corrected chi connectivity index (χ2v) is 7.82. The zero-order valence-electron chi connectivity index (χ0n) is 18.1. The molecular formula is C23H25F3N4O3. The lowest BCUT2D eigenvalue weighted by Gasteiger charge is -2.41. The minimum Gasteiger partial charge on any atom is -0.496 e. The topological polar surface area (TPSA) is 72.7 Å². The number of ether oxygens (including phenoxy) is 2. The van der Waals surface area contributed by atoms with E-state index in [9.17, 15) is 13.2 Å². The number of likely N-dealkylation sites (tertiary alicyclic amines) is 1. The van der Waals surface area contributed by atoms with Crippen molar-refractivity contribution in [1.29, 1.82) is 0 Å². The van der Waals surface area contributed by atoms with Crippen LogP contribution in [-0.2, 0) is 13.1 Å². The molecule has 10 heteroatoms. The van der Waals surface area contributed by atoms with Crippen LogP contribution in [0.5, 0.6) is 11.5 Å². The van der Waals surface area contributed by atoms with Gasteiger partial charge in [-0.25, -0.2) is 0 Å². The molecule has 1 N–H and O–H groups in total.